The molecule has 9 atom stereocenters. The lowest BCUT2D eigenvalue weighted by Crippen LogP contribution is -2.77. The first-order valence-electron chi connectivity index (χ1n) is 22.0. The summed E-state index contributed by atoms with van der Waals surface area (Å²) in [6.07, 6.45) is 15.1. The van der Waals surface area contributed by atoms with Crippen molar-refractivity contribution in [3.8, 4) is 0 Å². The third-order valence-electron chi connectivity index (χ3n) is 16.2. The van der Waals surface area contributed by atoms with Crippen LogP contribution in [0.5, 0.6) is 0 Å². The van der Waals surface area contributed by atoms with Crippen molar-refractivity contribution in [3.05, 3.63) is 101 Å². The Balaban J connectivity index is 1.29. The summed E-state index contributed by atoms with van der Waals surface area (Å²) in [4.78, 5) is 89.3. The van der Waals surface area contributed by atoms with Crippen LogP contribution in [0.4, 0.5) is 19.7 Å². The number of rotatable bonds is 13. The number of anilines is 1. The number of carbonyl (C=O) groups excluding carboxylic acids is 6. The van der Waals surface area contributed by atoms with Gasteiger partial charge in [-0.05, 0) is 91.5 Å². The van der Waals surface area contributed by atoms with Gasteiger partial charge in [-0.2, -0.15) is 0 Å². The van der Waals surface area contributed by atoms with Crippen LogP contribution < -0.4 is 27.8 Å². The summed E-state index contributed by atoms with van der Waals surface area (Å²) in [5, 5.41) is 0. The van der Waals surface area contributed by atoms with Gasteiger partial charge in [0, 0.05) is 59.6 Å². The van der Waals surface area contributed by atoms with Gasteiger partial charge in [0.25, 0.3) is 0 Å². The topological polar surface area (TPSA) is 235 Å². The molecule has 1 aromatic rings. The number of nitrogens with zero attached hydrogens (tertiary/aromatic N) is 3. The minimum Gasteiger partial charge on any atom is -0.375 e. The Bertz CT molecular complexity index is 2400. The number of nitrogens with two attached hydrogens (primary N) is 4. The van der Waals surface area contributed by atoms with E-state index in [0.717, 1.165) is 22.3 Å². The minimum atomic E-state index is -2.24. The number of amides is 4. The number of likely N-dealkylation sites (tertiary alicyclic amines) is 2. The molecular weight excluding hydrogens is 822 g/mol. The van der Waals surface area contributed by atoms with E-state index in [1.165, 1.54) is 12.1 Å². The molecule has 7 aliphatic rings. The number of primary amides is 4. The van der Waals surface area contributed by atoms with Gasteiger partial charge in [-0.3, -0.25) is 19.4 Å². The fraction of sp³-hybridized carbons (Fsp3) is 0.500. The second-order valence-electron chi connectivity index (χ2n) is 19.7. The van der Waals surface area contributed by atoms with Gasteiger partial charge in [0.1, 0.15) is 5.82 Å². The van der Waals surface area contributed by atoms with E-state index in [4.69, 9.17) is 32.4 Å². The zero-order valence-electron chi connectivity index (χ0n) is 37.1. The quantitative estimate of drug-likeness (QED) is 0.158. The molecule has 340 valence electrons. The lowest BCUT2D eigenvalue weighted by atomic mass is 9.54. The highest BCUT2D eigenvalue weighted by atomic mass is 19.1. The lowest BCUT2D eigenvalue weighted by Gasteiger charge is -2.59. The van der Waals surface area contributed by atoms with Crippen LogP contribution in [0, 0.1) is 34.4 Å². The second-order valence-corrected chi connectivity index (χ2v) is 19.7. The van der Waals surface area contributed by atoms with Crippen LogP contribution in [-0.4, -0.2) is 93.6 Å². The van der Waals surface area contributed by atoms with Gasteiger partial charge in [0.15, 0.2) is 0 Å². The van der Waals surface area contributed by atoms with Gasteiger partial charge in [-0.25, -0.2) is 23.6 Å². The average molecular weight is 880 g/mol. The molecule has 0 spiro atoms. The van der Waals surface area contributed by atoms with Gasteiger partial charge < -0.3 is 37.3 Å². The Morgan fingerprint density at radius 1 is 0.688 bits per heavy atom. The van der Waals surface area contributed by atoms with Crippen molar-refractivity contribution < 1.29 is 42.6 Å². The molecule has 3 saturated heterocycles. The monoisotopic (exact) mass is 879 g/mol. The van der Waals surface area contributed by atoms with Crippen LogP contribution in [0.3, 0.4) is 0 Å². The van der Waals surface area contributed by atoms with E-state index in [1.54, 1.807) is 44.7 Å². The van der Waals surface area contributed by atoms with Gasteiger partial charge in [0.2, 0.25) is 22.9 Å². The molecule has 4 aliphatic carbocycles. The van der Waals surface area contributed by atoms with E-state index in [-0.39, 0.29) is 19.0 Å². The zero-order chi connectivity index (χ0) is 46.5. The Morgan fingerprint density at radius 3 is 1.59 bits per heavy atom. The minimum absolute atomic E-state index is 0.213. The van der Waals surface area contributed by atoms with Crippen molar-refractivity contribution in [1.82, 2.24) is 9.80 Å². The largest absolute Gasteiger partial charge is 0.412 e. The molecule has 0 saturated carbocycles. The lowest BCUT2D eigenvalue weighted by molar-refractivity contribution is -0.174. The molecule has 8 rings (SSSR count). The smallest absolute Gasteiger partial charge is 0.375 e. The predicted molar refractivity (Wildman–Crippen MR) is 235 cm³/mol. The first kappa shape index (κ1) is 44.7. The number of carbonyl (C=O) groups is 6. The molecule has 4 bridgehead atoms. The van der Waals surface area contributed by atoms with E-state index in [2.05, 4.69) is 11.8 Å². The highest BCUT2D eigenvalue weighted by Crippen LogP contribution is 2.60. The molecule has 64 heavy (non-hydrogen) atoms. The second kappa shape index (κ2) is 15.4. The average Bonchev–Trinajstić information content (AvgIpc) is 3.94. The number of esters is 2. The van der Waals surface area contributed by atoms with Crippen LogP contribution >= 0.6 is 0 Å². The molecule has 15 nitrogen and oxygen atoms in total. The van der Waals surface area contributed by atoms with Crippen molar-refractivity contribution in [3.63, 3.8) is 0 Å². The molecule has 6 unspecified atom stereocenters. The van der Waals surface area contributed by atoms with Gasteiger partial charge in [-0.15, -0.1) is 0 Å². The number of hydrogen-bond acceptors (Lipinski definition) is 11. The third kappa shape index (κ3) is 6.04. The van der Waals surface area contributed by atoms with Crippen molar-refractivity contribution >= 4 is 41.6 Å². The maximum atomic E-state index is 14.9. The molecule has 16 heteroatoms. The first-order valence-corrected chi connectivity index (χ1v) is 22.0. The van der Waals surface area contributed by atoms with E-state index < -0.39 is 99.2 Å². The summed E-state index contributed by atoms with van der Waals surface area (Å²) < 4.78 is 25.3. The van der Waals surface area contributed by atoms with Crippen molar-refractivity contribution in [1.29, 1.82) is 0 Å². The highest BCUT2D eigenvalue weighted by molar-refractivity contribution is 6.11. The number of halogens is 1. The summed E-state index contributed by atoms with van der Waals surface area (Å²) >= 11 is 0. The maximum absolute atomic E-state index is 14.9. The third-order valence-corrected chi connectivity index (χ3v) is 16.2. The normalized spacial score (nSPS) is 30.4. The van der Waals surface area contributed by atoms with Crippen LogP contribution in [0.25, 0.3) is 0 Å². The zero-order valence-corrected chi connectivity index (χ0v) is 37.1. The summed E-state index contributed by atoms with van der Waals surface area (Å²) in [6, 6.07) is 4.26. The summed E-state index contributed by atoms with van der Waals surface area (Å²) in [6.45, 7) is 11.7. The van der Waals surface area contributed by atoms with Gasteiger partial charge in [-0.1, -0.05) is 83.2 Å². The number of allylic oxidation sites excluding steroid dienone is 12. The van der Waals surface area contributed by atoms with Crippen LogP contribution in [0.15, 0.2) is 95.2 Å². The van der Waals surface area contributed by atoms with E-state index >= 15 is 0 Å². The van der Waals surface area contributed by atoms with Crippen LogP contribution in [0.2, 0.25) is 0 Å². The van der Waals surface area contributed by atoms with Crippen molar-refractivity contribution in [2.45, 2.75) is 108 Å². The Morgan fingerprint density at radius 2 is 1.16 bits per heavy atom. The fourth-order valence-corrected chi connectivity index (χ4v) is 13.6. The van der Waals surface area contributed by atoms with E-state index in [1.807, 2.05) is 60.4 Å². The Kier molecular flexibility index (Phi) is 10.8. The molecule has 0 aromatic heterocycles. The number of ether oxygens (including phenoxy) is 2. The molecule has 3 aliphatic heterocycles. The van der Waals surface area contributed by atoms with Crippen molar-refractivity contribution in [2.24, 2.45) is 51.5 Å². The van der Waals surface area contributed by atoms with Crippen molar-refractivity contribution in [2.75, 3.05) is 18.0 Å². The molecule has 3 fully saturated rings. The fourth-order valence-electron chi connectivity index (χ4n) is 13.6. The summed E-state index contributed by atoms with van der Waals surface area (Å²) in [5.41, 5.74) is 20.1. The highest BCUT2D eigenvalue weighted by Gasteiger charge is 2.72. The van der Waals surface area contributed by atoms with E-state index in [0.29, 0.717) is 37.8 Å². The summed E-state index contributed by atoms with van der Waals surface area (Å²) in [7, 11) is 0. The Labute approximate surface area is 372 Å². The molecule has 8 N–H and O–H groups in total. The predicted octanol–water partition coefficient (Wildman–Crippen LogP) is 4.58. The van der Waals surface area contributed by atoms with Crippen LogP contribution in [0.1, 0.15) is 73.6 Å². The number of fused-ring (bicyclic) bond motifs is 4. The maximum Gasteiger partial charge on any atom is 0.412 e. The Hall–Kier alpha value is -5.87. The standard InChI is InChI=1S/C48H58FN7O8/c1-26-23-34(33-15-9-21-54(33)47(38(50)57,40(59)63-42(52)61)44(2,3)36-27-11-7-12-28(36)24-27)56(32-19-17-31(49)18-20-32)46(26,6)35-16-10-22-55(35)48(39(51)58,41(60)64-43(53)62)45(4,5)37-29-13-8-14-30(37)25-29/h7-8,11-14,17-20,24-26,33-37H,9-10,15-16,21-23H2,1-6H3,(H2,50,57)(H2,51,58)(H2,52,61)(H2,53,62)/t26?,33?,34?,35?,46-,47-,48-/m0/s1. The van der Waals surface area contributed by atoms with Gasteiger partial charge in [0.05, 0.1) is 5.54 Å². The molecule has 4 amide bonds. The first-order chi connectivity index (χ1) is 30.1. The van der Waals surface area contributed by atoms with E-state index in [9.17, 15) is 33.2 Å². The number of hydrogen-bond donors (Lipinski definition) is 4. The molecule has 3 heterocycles. The summed E-state index contributed by atoms with van der Waals surface area (Å²) in [5.74, 6) is -5.95. The molecule has 1 aromatic carbocycles. The molecule has 0 radical (unpaired) electrons. The van der Waals surface area contributed by atoms with Gasteiger partial charge >= 0.3 is 24.1 Å². The van der Waals surface area contributed by atoms with Crippen LogP contribution in [-0.2, 0) is 28.7 Å². The SMILES string of the molecule is CC1CC(C2CCCN2[C@@](C(N)=O)(C(=O)OC(N)=O)C(C)(C)C2c3cccc2c3)N(c2ccc(F)cc2)[C@]1(C)C1CCCN1[C@@](C(N)=O)(C(=O)OC(N)=O)C(C)(C)C1c2cccc1c2. The molecular formula is C48H58FN7O8. The number of benzene rings is 1.